The van der Waals surface area contributed by atoms with Crippen molar-refractivity contribution >= 4 is 42.7 Å². The zero-order valence-corrected chi connectivity index (χ0v) is 22.8. The largest absolute Gasteiger partial charge is 0.452 e. The molecule has 2 heterocycles. The number of nitrogens with one attached hydrogen (secondary N) is 2. The summed E-state index contributed by atoms with van der Waals surface area (Å²) < 4.78 is 20.3. The molecule has 0 saturated heterocycles. The summed E-state index contributed by atoms with van der Waals surface area (Å²) in [6, 6.07) is 7.56. The maximum atomic E-state index is 14.2. The predicted octanol–water partition coefficient (Wildman–Crippen LogP) is 2.09. The van der Waals surface area contributed by atoms with E-state index in [4.69, 9.17) is 12.6 Å². The number of fused-ring (bicyclic) bond motifs is 1. The molecule has 1 aromatic carbocycles. The number of H-pyrrole nitrogens is 1. The van der Waals surface area contributed by atoms with Crippen molar-refractivity contribution in [2.24, 2.45) is 5.92 Å². The quantitative estimate of drug-likeness (QED) is 0.180. The first-order valence-corrected chi connectivity index (χ1v) is 12.6. The second-order valence-electron chi connectivity index (χ2n) is 10.2. The molecule has 2 radical (unpaired) electrons. The van der Waals surface area contributed by atoms with Crippen molar-refractivity contribution in [1.82, 2.24) is 14.5 Å². The first-order valence-electron chi connectivity index (χ1n) is 12.6. The van der Waals surface area contributed by atoms with Gasteiger partial charge in [0.25, 0.3) is 17.9 Å². The van der Waals surface area contributed by atoms with Crippen LogP contribution in [0.2, 0.25) is 0 Å². The van der Waals surface area contributed by atoms with Crippen LogP contribution in [0.15, 0.2) is 53.5 Å². The Kier molecular flexibility index (Phi) is 9.70. The van der Waals surface area contributed by atoms with Crippen LogP contribution in [0, 0.1) is 11.7 Å². The van der Waals surface area contributed by atoms with Crippen LogP contribution in [0.4, 0.5) is 10.1 Å². The van der Waals surface area contributed by atoms with Gasteiger partial charge in [0.1, 0.15) is 19.4 Å². The fourth-order valence-electron chi connectivity index (χ4n) is 4.23. The van der Waals surface area contributed by atoms with Crippen molar-refractivity contribution in [2.75, 3.05) is 19.4 Å². The SMILES string of the molecule is [B]C(O)(C/C=C/C(=O)N(C)C)C(OC=O)C(=O)Nc1cccn(Cc2cc3cc(F)cc(CC(C)C)c3[nH]2)c1=O. The predicted molar refractivity (Wildman–Crippen MR) is 149 cm³/mol. The number of aliphatic hydroxyl groups is 1. The van der Waals surface area contributed by atoms with Gasteiger partial charge in [-0.1, -0.05) is 19.9 Å². The molecule has 0 aliphatic heterocycles. The summed E-state index contributed by atoms with van der Waals surface area (Å²) in [5.41, 5.74) is -0.835. The molecule has 12 heteroatoms. The van der Waals surface area contributed by atoms with Crippen molar-refractivity contribution in [1.29, 1.82) is 0 Å². The molecule has 2 unspecified atom stereocenters. The standard InChI is InChI=1S/C28H32BFN4O6/c1-17(2)11-18-12-20(30)13-19-14-21(31-24(18)19)15-34-10-6-7-22(27(34)38)32-26(37)25(40-16-35)28(29,39)9-5-8-23(36)33(3)4/h5-8,10,12-14,16-17,25,31,39H,9,11,15H2,1-4H3,(H,32,37)/b8-5+. The molecular weight excluding hydrogens is 518 g/mol. The lowest BCUT2D eigenvalue weighted by Crippen LogP contribution is -2.51. The van der Waals surface area contributed by atoms with Gasteiger partial charge in [-0.05, 0) is 60.7 Å². The van der Waals surface area contributed by atoms with Gasteiger partial charge in [-0.25, -0.2) is 4.39 Å². The smallest absolute Gasteiger partial charge is 0.293 e. The average molecular weight is 550 g/mol. The number of halogens is 1. The molecule has 0 aliphatic carbocycles. The van der Waals surface area contributed by atoms with Gasteiger partial charge in [0.15, 0.2) is 6.10 Å². The second kappa shape index (κ2) is 12.8. The zero-order valence-electron chi connectivity index (χ0n) is 22.8. The van der Waals surface area contributed by atoms with E-state index in [1.807, 2.05) is 13.8 Å². The molecule has 2 atom stereocenters. The number of likely N-dealkylation sites (N-methyl/N-ethyl adjacent to an activating group) is 1. The van der Waals surface area contributed by atoms with Crippen LogP contribution in [-0.4, -0.2) is 71.4 Å². The summed E-state index contributed by atoms with van der Waals surface area (Å²) in [6.07, 6.45) is 2.29. The number of anilines is 1. The number of amides is 2. The van der Waals surface area contributed by atoms with Crippen molar-refractivity contribution < 1.29 is 28.6 Å². The molecule has 0 spiro atoms. The van der Waals surface area contributed by atoms with Crippen molar-refractivity contribution in [3.8, 4) is 0 Å². The summed E-state index contributed by atoms with van der Waals surface area (Å²) in [4.78, 5) is 53.4. The maximum Gasteiger partial charge on any atom is 0.293 e. The summed E-state index contributed by atoms with van der Waals surface area (Å²) >= 11 is 0. The third-order valence-electron chi connectivity index (χ3n) is 6.11. The van der Waals surface area contributed by atoms with Gasteiger partial charge >= 0.3 is 0 Å². The highest BCUT2D eigenvalue weighted by Gasteiger charge is 2.38. The second-order valence-corrected chi connectivity index (χ2v) is 10.2. The monoisotopic (exact) mass is 550 g/mol. The highest BCUT2D eigenvalue weighted by molar-refractivity contribution is 6.18. The minimum Gasteiger partial charge on any atom is -0.452 e. The zero-order chi connectivity index (χ0) is 29.6. The molecule has 2 aromatic heterocycles. The van der Waals surface area contributed by atoms with E-state index in [1.54, 1.807) is 6.07 Å². The van der Waals surface area contributed by atoms with Gasteiger partial charge in [0.05, 0.1) is 12.0 Å². The number of aromatic nitrogens is 2. The molecule has 40 heavy (non-hydrogen) atoms. The van der Waals surface area contributed by atoms with Crippen LogP contribution in [0.25, 0.3) is 10.9 Å². The Labute approximate surface area is 232 Å². The summed E-state index contributed by atoms with van der Waals surface area (Å²) in [5, 5.41) is 13.7. The van der Waals surface area contributed by atoms with E-state index in [2.05, 4.69) is 10.3 Å². The molecule has 0 saturated carbocycles. The summed E-state index contributed by atoms with van der Waals surface area (Å²) in [5.74, 6) is -1.45. The van der Waals surface area contributed by atoms with E-state index < -0.39 is 29.5 Å². The van der Waals surface area contributed by atoms with Gasteiger partial charge in [-0.15, -0.1) is 0 Å². The van der Waals surface area contributed by atoms with Crippen molar-refractivity contribution in [3.05, 3.63) is 76.1 Å². The number of carbonyl (C=O) groups excluding carboxylic acids is 3. The maximum absolute atomic E-state index is 14.2. The van der Waals surface area contributed by atoms with Crippen LogP contribution in [-0.2, 0) is 32.1 Å². The molecule has 3 rings (SSSR count). The first-order chi connectivity index (χ1) is 18.8. The summed E-state index contributed by atoms with van der Waals surface area (Å²) in [6.45, 7) is 4.13. The van der Waals surface area contributed by atoms with E-state index in [-0.39, 0.29) is 30.4 Å². The average Bonchev–Trinajstić information content (AvgIpc) is 3.26. The van der Waals surface area contributed by atoms with Gasteiger partial charge in [-0.3, -0.25) is 19.2 Å². The highest BCUT2D eigenvalue weighted by atomic mass is 19.1. The van der Waals surface area contributed by atoms with Crippen molar-refractivity contribution in [2.45, 2.75) is 44.8 Å². The normalized spacial score (nSPS) is 13.8. The Hall–Kier alpha value is -4.19. The lowest BCUT2D eigenvalue weighted by molar-refractivity contribution is -0.152. The fraction of sp³-hybridized carbons (Fsp3) is 0.357. The number of benzene rings is 1. The van der Waals surface area contributed by atoms with E-state index in [0.29, 0.717) is 23.4 Å². The molecule has 2 amide bonds. The molecule has 10 nitrogen and oxygen atoms in total. The molecule has 3 aromatic rings. The number of pyridine rings is 1. The minimum absolute atomic E-state index is 0.0493. The van der Waals surface area contributed by atoms with Gasteiger partial charge in [-0.2, -0.15) is 0 Å². The van der Waals surface area contributed by atoms with E-state index in [1.165, 1.54) is 60.1 Å². The number of hydrogen-bond donors (Lipinski definition) is 3. The van der Waals surface area contributed by atoms with Gasteiger partial charge in [0, 0.05) is 36.9 Å². The lowest BCUT2D eigenvalue weighted by Gasteiger charge is -2.30. The van der Waals surface area contributed by atoms with E-state index >= 15 is 0 Å². The van der Waals surface area contributed by atoms with E-state index in [9.17, 15) is 28.7 Å². The third-order valence-corrected chi connectivity index (χ3v) is 6.11. The highest BCUT2D eigenvalue weighted by Crippen LogP contribution is 2.24. The van der Waals surface area contributed by atoms with Crippen LogP contribution in [0.5, 0.6) is 0 Å². The van der Waals surface area contributed by atoms with Crippen LogP contribution >= 0.6 is 0 Å². The minimum atomic E-state index is -2.38. The van der Waals surface area contributed by atoms with Gasteiger partial charge < -0.3 is 29.6 Å². The molecule has 3 N–H and O–H groups in total. The molecule has 0 aliphatic rings. The number of aromatic amines is 1. The number of hydrogen-bond acceptors (Lipinski definition) is 6. The number of carbonyl (C=O) groups is 3. The van der Waals surface area contributed by atoms with Gasteiger partial charge in [0.2, 0.25) is 5.91 Å². The molecule has 0 bridgehead atoms. The molecule has 0 fully saturated rings. The Balaban J connectivity index is 1.82. The summed E-state index contributed by atoms with van der Waals surface area (Å²) in [7, 11) is 8.90. The lowest BCUT2D eigenvalue weighted by atomic mass is 9.73. The number of rotatable bonds is 12. The Morgan fingerprint density at radius 2 is 2.02 bits per heavy atom. The number of ether oxygens (including phenoxy) is 1. The van der Waals surface area contributed by atoms with E-state index in [0.717, 1.165) is 17.2 Å². The van der Waals surface area contributed by atoms with Crippen LogP contribution in [0.1, 0.15) is 31.5 Å². The van der Waals surface area contributed by atoms with Crippen LogP contribution in [0.3, 0.4) is 0 Å². The number of nitrogens with zero attached hydrogens (tertiary/aromatic N) is 2. The Bertz CT molecular complexity index is 1480. The molecular formula is C28H32BFN4O6. The Morgan fingerprint density at radius 3 is 2.67 bits per heavy atom. The first kappa shape index (κ1) is 30.4. The Morgan fingerprint density at radius 1 is 1.30 bits per heavy atom. The fourth-order valence-corrected chi connectivity index (χ4v) is 4.23. The topological polar surface area (TPSA) is 134 Å². The van der Waals surface area contributed by atoms with Crippen LogP contribution < -0.4 is 10.9 Å². The molecule has 210 valence electrons. The third kappa shape index (κ3) is 7.47. The van der Waals surface area contributed by atoms with Crippen molar-refractivity contribution in [3.63, 3.8) is 0 Å².